The van der Waals surface area contributed by atoms with Gasteiger partial charge in [-0.2, -0.15) is 10.5 Å². The number of alkyl halides is 4. The molecule has 26 heteroatoms. The standard InChI is InChI=1S/C35H34ClN3O3.C32H25F2N5O2.C30H30ClF2N5O2/c1-24(40)38-20-16-27(17-21-38)35(41,26-8-4-3-5-9-26)28-12-15-32-30(23-28)33(36)31(34(37-32)42-2)22-25-10-13-29(14-11-25)39-18-6-7-19-39;1-31(33,34)22-8-4-20(5-9-22)14-26-27(17-36)25-15-24(12-13-28(25)38-30(26)41-3)32(40,29-18-37-19-39(29)2)23-10-6-21(16-35)7-11-23;1-17-34-15-25(37(17)4)30(39,26-16-35-18(2)38(26)5)21-11-12-24-22(14-21)27(31)23(28(36-24)40-6)13-19-7-9-20(10-8-19)29(3,32)33/h3-15,18-19,23,27,41H,16-17,20-22H2,1-2H3;4-13,15,18-19,40H,14H2,1-3H3;7-12,14-16,39H,13H2,1-6H3. The fourth-order valence-corrected chi connectivity index (χ4v) is 16.9. The highest BCUT2D eigenvalue weighted by atomic mass is 35.5. The Morgan fingerprint density at radius 1 is 0.504 bits per heavy atom. The number of benzene rings is 8. The van der Waals surface area contributed by atoms with Crippen LogP contribution in [0.2, 0.25) is 10.0 Å². The molecule has 0 saturated carbocycles. The van der Waals surface area contributed by atoms with E-state index in [-0.39, 0.29) is 35.3 Å². The van der Waals surface area contributed by atoms with Crippen molar-refractivity contribution in [1.29, 1.82) is 10.5 Å². The van der Waals surface area contributed by atoms with Gasteiger partial charge >= 0.3 is 0 Å². The summed E-state index contributed by atoms with van der Waals surface area (Å²) >= 11 is 14.2. The number of hydrogen-bond acceptors (Lipinski definition) is 15. The van der Waals surface area contributed by atoms with Gasteiger partial charge in [-0.15, -0.1) is 0 Å². The topological polar surface area (TPSA) is 253 Å². The van der Waals surface area contributed by atoms with E-state index in [4.69, 9.17) is 42.4 Å². The van der Waals surface area contributed by atoms with Gasteiger partial charge < -0.3 is 52.7 Å². The van der Waals surface area contributed by atoms with E-state index < -0.39 is 28.6 Å². The number of methoxy groups -OCH3 is 3. The van der Waals surface area contributed by atoms with Crippen molar-refractivity contribution in [2.24, 2.45) is 27.1 Å². The molecule has 0 bridgehead atoms. The number of ether oxygens (including phenoxy) is 3. The van der Waals surface area contributed by atoms with E-state index in [0.29, 0.717) is 149 Å². The molecule has 16 rings (SSSR count). The number of aryl methyl sites for hydroxylation is 3. The van der Waals surface area contributed by atoms with Crippen LogP contribution < -0.4 is 14.2 Å². The maximum absolute atomic E-state index is 13.7. The number of nitrogens with zero attached hydrogens (tertiary/aromatic N) is 13. The molecule has 7 aromatic heterocycles. The Labute approximate surface area is 719 Å². The number of nitriles is 2. The van der Waals surface area contributed by atoms with Gasteiger partial charge in [0.05, 0.1) is 107 Å². The van der Waals surface area contributed by atoms with Gasteiger partial charge in [0.25, 0.3) is 11.8 Å². The molecule has 8 aromatic carbocycles. The van der Waals surface area contributed by atoms with Crippen molar-refractivity contribution in [3.63, 3.8) is 0 Å². The van der Waals surface area contributed by atoms with E-state index in [0.717, 1.165) is 64.4 Å². The van der Waals surface area contributed by atoms with Crippen LogP contribution in [0, 0.1) is 42.4 Å². The van der Waals surface area contributed by atoms with Gasteiger partial charge in [0.2, 0.25) is 23.5 Å². The third kappa shape index (κ3) is 17.0. The van der Waals surface area contributed by atoms with Crippen molar-refractivity contribution >= 4 is 61.8 Å². The molecule has 1 saturated heterocycles. The summed E-state index contributed by atoms with van der Waals surface area (Å²) in [6.45, 7) is 8.29. The first-order valence-electron chi connectivity index (χ1n) is 39.7. The molecule has 0 aliphatic carbocycles. The van der Waals surface area contributed by atoms with Crippen LogP contribution in [-0.2, 0) is 73.8 Å². The molecule has 15 aromatic rings. The lowest BCUT2D eigenvalue weighted by molar-refractivity contribution is -0.131. The minimum atomic E-state index is -2.96. The Kier molecular flexibility index (Phi) is 24.7. The zero-order chi connectivity index (χ0) is 87.6. The SMILES string of the molecule is COc1nc2ccc(C(O)(c3ccc(C#N)cc3)c3cncn3C)cc2c(C#N)c1Cc1ccc(C(C)(F)F)cc1.COc1nc2ccc(C(O)(c3ccccc3)C3CCN(C(C)=O)CC3)cc2c(Cl)c1Cc1ccc(-n2cccc2)cc1.COc1nc2ccc(C(O)(c3cnc(C)n3C)c3cnc(C)n3C)cc2c(Cl)c1Cc1ccc(C(C)(F)F)cc1. The summed E-state index contributed by atoms with van der Waals surface area (Å²) in [7, 11) is 10.0. The van der Waals surface area contributed by atoms with Crippen LogP contribution in [0.3, 0.4) is 0 Å². The number of carbonyl (C=O) groups excluding carboxylic acids is 1. The molecule has 123 heavy (non-hydrogen) atoms. The lowest BCUT2D eigenvalue weighted by Crippen LogP contribution is -2.45. The maximum Gasteiger partial charge on any atom is 0.270 e. The number of hydrogen-bond donors (Lipinski definition) is 3. The number of halogens is 6. The predicted molar refractivity (Wildman–Crippen MR) is 465 cm³/mol. The molecule has 8 heterocycles. The molecule has 3 N–H and O–H groups in total. The molecule has 2 unspecified atom stereocenters. The summed E-state index contributed by atoms with van der Waals surface area (Å²) in [5.41, 5.74) is 8.09. The highest BCUT2D eigenvalue weighted by molar-refractivity contribution is 6.37. The molecule has 1 fully saturated rings. The Hall–Kier alpha value is -13.1. The quantitative estimate of drug-likeness (QED) is 0.0566. The first-order valence-corrected chi connectivity index (χ1v) is 40.4. The number of imidazole rings is 3. The molecular weight excluding hydrogens is 1610 g/mol. The van der Waals surface area contributed by atoms with E-state index in [1.807, 2.05) is 121 Å². The summed E-state index contributed by atoms with van der Waals surface area (Å²) in [6.07, 6.45) is 13.0. The molecule has 626 valence electrons. The second-order valence-electron chi connectivity index (χ2n) is 31.0. The van der Waals surface area contributed by atoms with Crippen LogP contribution >= 0.6 is 23.2 Å². The van der Waals surface area contributed by atoms with Crippen LogP contribution in [0.5, 0.6) is 17.6 Å². The maximum atomic E-state index is 13.7. The smallest absolute Gasteiger partial charge is 0.270 e. The van der Waals surface area contributed by atoms with Crippen molar-refractivity contribution in [2.75, 3.05) is 34.4 Å². The van der Waals surface area contributed by atoms with Gasteiger partial charge in [-0.1, -0.05) is 145 Å². The molecule has 0 spiro atoms. The normalized spacial score (nSPS) is 13.6. The van der Waals surface area contributed by atoms with Crippen LogP contribution in [0.15, 0.2) is 231 Å². The Morgan fingerprint density at radius 3 is 1.36 bits per heavy atom. The minimum Gasteiger partial charge on any atom is -0.481 e. The average molecular weight is 1700 g/mol. The minimum absolute atomic E-state index is 0.0642. The Bertz CT molecular complexity index is 6450. The van der Waals surface area contributed by atoms with Gasteiger partial charge in [0.15, 0.2) is 11.2 Å². The number of pyridine rings is 3. The van der Waals surface area contributed by atoms with Crippen molar-refractivity contribution in [3.8, 4) is 35.5 Å². The van der Waals surface area contributed by atoms with Gasteiger partial charge in [-0.05, 0) is 150 Å². The lowest BCUT2D eigenvalue weighted by Gasteiger charge is -2.42. The molecule has 20 nitrogen and oxygen atoms in total. The fourth-order valence-electron chi connectivity index (χ4n) is 16.3. The van der Waals surface area contributed by atoms with Crippen molar-refractivity contribution < 1.29 is 51.9 Å². The van der Waals surface area contributed by atoms with Gasteiger partial charge in [0.1, 0.15) is 23.3 Å². The number of carbonyl (C=O) groups is 1. The molecule has 1 aliphatic rings. The third-order valence-electron chi connectivity index (χ3n) is 23.4. The second-order valence-corrected chi connectivity index (χ2v) is 31.7. The summed E-state index contributed by atoms with van der Waals surface area (Å²) in [6, 6.07) is 61.6. The second kappa shape index (κ2) is 35.2. The van der Waals surface area contributed by atoms with E-state index in [2.05, 4.69) is 65.9 Å². The first-order chi connectivity index (χ1) is 58.8. The predicted octanol–water partition coefficient (Wildman–Crippen LogP) is 18.4. The number of amides is 1. The number of likely N-dealkylation sites (tertiary alicyclic amines) is 1. The van der Waals surface area contributed by atoms with Crippen molar-refractivity contribution in [2.45, 2.75) is 95.4 Å². The van der Waals surface area contributed by atoms with Crippen molar-refractivity contribution in [3.05, 3.63) is 354 Å². The summed E-state index contributed by atoms with van der Waals surface area (Å²) in [5.74, 6) is -3.32. The summed E-state index contributed by atoms with van der Waals surface area (Å²) in [4.78, 5) is 41.0. The zero-order valence-corrected chi connectivity index (χ0v) is 71.0. The highest BCUT2D eigenvalue weighted by Crippen LogP contribution is 2.47. The van der Waals surface area contributed by atoms with E-state index in [9.17, 15) is 48.2 Å². The summed E-state index contributed by atoms with van der Waals surface area (Å²) < 4.78 is 79.2. The molecule has 0 radical (unpaired) electrons. The average Bonchev–Trinajstić information content (AvgIpc) is 1.73. The van der Waals surface area contributed by atoms with E-state index in [1.165, 1.54) is 38.5 Å². The van der Waals surface area contributed by atoms with Crippen LogP contribution in [0.4, 0.5) is 17.6 Å². The van der Waals surface area contributed by atoms with E-state index >= 15 is 0 Å². The molecule has 2 atom stereocenters. The number of piperidine rings is 1. The number of aromatic nitrogens is 10. The molecule has 1 aliphatic heterocycles. The highest BCUT2D eigenvalue weighted by Gasteiger charge is 2.44. The molecule has 1 amide bonds. The Balaban J connectivity index is 0.000000150. The molecular formula is C97H89Cl2F4N13O7. The monoisotopic (exact) mass is 1690 g/mol. The third-order valence-corrected chi connectivity index (χ3v) is 24.3. The fraction of sp³-hybridized carbons (Fsp3) is 0.247. The number of fused-ring (bicyclic) bond motifs is 3. The number of rotatable bonds is 21. The lowest BCUT2D eigenvalue weighted by atomic mass is 9.72. The largest absolute Gasteiger partial charge is 0.481 e. The van der Waals surface area contributed by atoms with Crippen LogP contribution in [0.25, 0.3) is 38.4 Å². The first kappa shape index (κ1) is 86.3. The van der Waals surface area contributed by atoms with E-state index in [1.54, 1.807) is 129 Å². The van der Waals surface area contributed by atoms with Gasteiger partial charge in [-0.25, -0.2) is 47.5 Å². The van der Waals surface area contributed by atoms with Crippen LogP contribution in [0.1, 0.15) is 146 Å². The van der Waals surface area contributed by atoms with Gasteiger partial charge in [-0.3, -0.25) is 4.79 Å². The summed E-state index contributed by atoms with van der Waals surface area (Å²) in [5, 5.41) is 59.8. The number of aliphatic hydroxyl groups is 3. The Morgan fingerprint density at radius 2 is 0.927 bits per heavy atom. The van der Waals surface area contributed by atoms with Crippen LogP contribution in [-0.4, -0.2) is 109 Å². The van der Waals surface area contributed by atoms with Crippen molar-refractivity contribution in [1.82, 2.24) is 53.1 Å². The van der Waals surface area contributed by atoms with Gasteiger partial charge in [0, 0.05) is 136 Å². The zero-order valence-electron chi connectivity index (χ0n) is 69.5.